The number of hydrogen-bond donors (Lipinski definition) is 2. The zero-order valence-corrected chi connectivity index (χ0v) is 9.70. The van der Waals surface area contributed by atoms with Gasteiger partial charge >= 0.3 is 5.97 Å². The van der Waals surface area contributed by atoms with Crippen molar-refractivity contribution in [2.24, 2.45) is 0 Å². The molecular formula is C11H12N4O3. The quantitative estimate of drug-likeness (QED) is 0.821. The number of pyridine rings is 1. The van der Waals surface area contributed by atoms with Gasteiger partial charge in [0.15, 0.2) is 5.69 Å². The van der Waals surface area contributed by atoms with Crippen LogP contribution in [0.4, 0.5) is 5.69 Å². The summed E-state index contributed by atoms with van der Waals surface area (Å²) >= 11 is 0. The SMILES string of the molecule is COc1ncccc1Cn1cc(N)c(C(=O)O)n1. The van der Waals surface area contributed by atoms with Gasteiger partial charge in [0.1, 0.15) is 0 Å². The summed E-state index contributed by atoms with van der Waals surface area (Å²) in [5.41, 5.74) is 6.32. The zero-order valence-electron chi connectivity index (χ0n) is 9.70. The molecule has 3 N–H and O–H groups in total. The van der Waals surface area contributed by atoms with E-state index in [-0.39, 0.29) is 11.4 Å². The van der Waals surface area contributed by atoms with Gasteiger partial charge in [0.2, 0.25) is 5.88 Å². The number of methoxy groups -OCH3 is 1. The third-order valence-electron chi connectivity index (χ3n) is 2.37. The number of aromatic carboxylic acids is 1. The van der Waals surface area contributed by atoms with E-state index in [1.807, 2.05) is 6.07 Å². The van der Waals surface area contributed by atoms with Crippen molar-refractivity contribution in [3.8, 4) is 5.88 Å². The zero-order chi connectivity index (χ0) is 13.1. The van der Waals surface area contributed by atoms with Crippen molar-refractivity contribution < 1.29 is 14.6 Å². The Kier molecular flexibility index (Phi) is 3.13. The molecule has 0 bridgehead atoms. The van der Waals surface area contributed by atoms with Gasteiger partial charge in [0, 0.05) is 18.0 Å². The van der Waals surface area contributed by atoms with Gasteiger partial charge in [-0.3, -0.25) is 4.68 Å². The van der Waals surface area contributed by atoms with Crippen LogP contribution in [0, 0.1) is 0 Å². The Balaban J connectivity index is 2.29. The topological polar surface area (TPSA) is 103 Å². The highest BCUT2D eigenvalue weighted by atomic mass is 16.5. The standard InChI is InChI=1S/C11H12N4O3/c1-18-10-7(3-2-4-13-10)5-15-6-8(12)9(14-15)11(16)17/h2-4,6H,5,12H2,1H3,(H,16,17). The molecule has 0 saturated heterocycles. The van der Waals surface area contributed by atoms with Gasteiger partial charge in [0.25, 0.3) is 0 Å². The molecule has 0 atom stereocenters. The molecule has 0 aliphatic rings. The van der Waals surface area contributed by atoms with Crippen molar-refractivity contribution in [3.05, 3.63) is 35.8 Å². The Bertz CT molecular complexity index is 579. The fraction of sp³-hybridized carbons (Fsp3) is 0.182. The predicted octanol–water partition coefficient (Wildman–Crippen LogP) is 0.615. The van der Waals surface area contributed by atoms with E-state index < -0.39 is 5.97 Å². The minimum atomic E-state index is -1.15. The molecule has 2 aromatic heterocycles. The lowest BCUT2D eigenvalue weighted by Crippen LogP contribution is -2.06. The Hall–Kier alpha value is -2.57. The molecule has 0 aliphatic carbocycles. The van der Waals surface area contributed by atoms with Gasteiger partial charge in [-0.15, -0.1) is 0 Å². The van der Waals surface area contributed by atoms with E-state index >= 15 is 0 Å². The fourth-order valence-electron chi connectivity index (χ4n) is 1.59. The normalized spacial score (nSPS) is 10.3. The van der Waals surface area contributed by atoms with Crippen LogP contribution in [0.25, 0.3) is 0 Å². The van der Waals surface area contributed by atoms with E-state index in [0.717, 1.165) is 5.56 Å². The molecule has 7 heteroatoms. The third kappa shape index (κ3) is 2.24. The highest BCUT2D eigenvalue weighted by Crippen LogP contribution is 2.16. The van der Waals surface area contributed by atoms with Gasteiger partial charge in [0.05, 0.1) is 19.3 Å². The highest BCUT2D eigenvalue weighted by molar-refractivity contribution is 5.91. The molecule has 0 unspecified atom stereocenters. The number of carboxylic acid groups (broad SMARTS) is 1. The largest absolute Gasteiger partial charge is 0.481 e. The van der Waals surface area contributed by atoms with E-state index in [0.29, 0.717) is 12.4 Å². The second-order valence-corrected chi connectivity index (χ2v) is 3.61. The molecule has 0 spiro atoms. The molecule has 0 aromatic carbocycles. The Labute approximate surface area is 103 Å². The number of nitrogen functional groups attached to an aromatic ring is 1. The van der Waals surface area contributed by atoms with Crippen LogP contribution in [-0.4, -0.2) is 33.0 Å². The van der Waals surface area contributed by atoms with Crippen molar-refractivity contribution >= 4 is 11.7 Å². The smallest absolute Gasteiger partial charge is 0.358 e. The molecule has 0 fully saturated rings. The lowest BCUT2D eigenvalue weighted by atomic mass is 10.3. The van der Waals surface area contributed by atoms with Crippen molar-refractivity contribution in [1.29, 1.82) is 0 Å². The van der Waals surface area contributed by atoms with Crippen LogP contribution in [0.1, 0.15) is 16.1 Å². The number of nitrogens with two attached hydrogens (primary N) is 1. The van der Waals surface area contributed by atoms with Crippen LogP contribution in [-0.2, 0) is 6.54 Å². The molecule has 18 heavy (non-hydrogen) atoms. The second-order valence-electron chi connectivity index (χ2n) is 3.61. The number of aromatic nitrogens is 3. The van der Waals surface area contributed by atoms with Gasteiger partial charge in [-0.2, -0.15) is 5.10 Å². The minimum Gasteiger partial charge on any atom is -0.481 e. The first kappa shape index (κ1) is 11.9. The number of carboxylic acids is 1. The summed E-state index contributed by atoms with van der Waals surface area (Å²) in [6, 6.07) is 3.59. The molecule has 2 aromatic rings. The summed E-state index contributed by atoms with van der Waals surface area (Å²) in [6.07, 6.45) is 3.08. The third-order valence-corrected chi connectivity index (χ3v) is 2.37. The Morgan fingerprint density at radius 3 is 3.00 bits per heavy atom. The predicted molar refractivity (Wildman–Crippen MR) is 63.5 cm³/mol. The number of carbonyl (C=O) groups is 1. The molecule has 0 radical (unpaired) electrons. The number of ether oxygens (including phenoxy) is 1. The first-order valence-corrected chi connectivity index (χ1v) is 5.16. The molecular weight excluding hydrogens is 236 g/mol. The van der Waals surface area contributed by atoms with Gasteiger partial charge < -0.3 is 15.6 Å². The number of rotatable bonds is 4. The minimum absolute atomic E-state index is 0.130. The van der Waals surface area contributed by atoms with Crippen LogP contribution < -0.4 is 10.5 Å². The maximum Gasteiger partial charge on any atom is 0.358 e. The first-order valence-electron chi connectivity index (χ1n) is 5.16. The maximum absolute atomic E-state index is 10.8. The van der Waals surface area contributed by atoms with Crippen molar-refractivity contribution in [3.63, 3.8) is 0 Å². The lowest BCUT2D eigenvalue weighted by molar-refractivity contribution is 0.0690. The van der Waals surface area contributed by atoms with E-state index in [4.69, 9.17) is 15.6 Å². The Morgan fingerprint density at radius 1 is 1.61 bits per heavy atom. The van der Waals surface area contributed by atoms with E-state index in [1.54, 1.807) is 12.3 Å². The average molecular weight is 248 g/mol. The van der Waals surface area contributed by atoms with Crippen LogP contribution in [0.2, 0.25) is 0 Å². The monoisotopic (exact) mass is 248 g/mol. The van der Waals surface area contributed by atoms with Crippen molar-refractivity contribution in [2.45, 2.75) is 6.54 Å². The molecule has 7 nitrogen and oxygen atoms in total. The van der Waals surface area contributed by atoms with Crippen LogP contribution >= 0.6 is 0 Å². The van der Waals surface area contributed by atoms with Crippen LogP contribution in [0.3, 0.4) is 0 Å². The summed E-state index contributed by atoms with van der Waals surface area (Å²) in [6.45, 7) is 0.342. The van der Waals surface area contributed by atoms with E-state index in [2.05, 4.69) is 10.1 Å². The van der Waals surface area contributed by atoms with Crippen LogP contribution in [0.15, 0.2) is 24.5 Å². The molecule has 2 heterocycles. The lowest BCUT2D eigenvalue weighted by Gasteiger charge is -2.06. The Morgan fingerprint density at radius 2 is 2.39 bits per heavy atom. The van der Waals surface area contributed by atoms with E-state index in [1.165, 1.54) is 18.0 Å². The van der Waals surface area contributed by atoms with E-state index in [9.17, 15) is 4.79 Å². The number of nitrogens with zero attached hydrogens (tertiary/aromatic N) is 3. The summed E-state index contributed by atoms with van der Waals surface area (Å²) in [5.74, 6) is -0.673. The van der Waals surface area contributed by atoms with Crippen molar-refractivity contribution in [2.75, 3.05) is 12.8 Å². The summed E-state index contributed by atoms with van der Waals surface area (Å²) in [4.78, 5) is 14.9. The summed E-state index contributed by atoms with van der Waals surface area (Å²) in [7, 11) is 1.52. The molecule has 0 amide bonds. The van der Waals surface area contributed by atoms with Gasteiger partial charge in [-0.25, -0.2) is 9.78 Å². The van der Waals surface area contributed by atoms with Crippen LogP contribution in [0.5, 0.6) is 5.88 Å². The molecule has 0 saturated carbocycles. The molecule has 2 rings (SSSR count). The second kappa shape index (κ2) is 4.74. The number of hydrogen-bond acceptors (Lipinski definition) is 5. The summed E-state index contributed by atoms with van der Waals surface area (Å²) in [5, 5.41) is 12.7. The van der Waals surface area contributed by atoms with Crippen molar-refractivity contribution in [1.82, 2.24) is 14.8 Å². The van der Waals surface area contributed by atoms with Gasteiger partial charge in [-0.05, 0) is 6.07 Å². The summed E-state index contributed by atoms with van der Waals surface area (Å²) < 4.78 is 6.55. The van der Waals surface area contributed by atoms with Gasteiger partial charge in [-0.1, -0.05) is 6.07 Å². The molecule has 0 aliphatic heterocycles. The average Bonchev–Trinajstić information content (AvgIpc) is 2.71. The first-order chi connectivity index (χ1) is 8.61. The molecule has 94 valence electrons. The number of anilines is 1. The highest BCUT2D eigenvalue weighted by Gasteiger charge is 2.14. The fourth-order valence-corrected chi connectivity index (χ4v) is 1.59. The maximum atomic E-state index is 10.8.